The highest BCUT2D eigenvalue weighted by molar-refractivity contribution is 5.76. The number of carbonyl (C=O) groups excluding carboxylic acids is 1. The van der Waals surface area contributed by atoms with E-state index in [1.807, 2.05) is 6.21 Å². The highest BCUT2D eigenvalue weighted by Crippen LogP contribution is 2.07. The molecule has 0 aromatic rings. The van der Waals surface area contributed by atoms with Gasteiger partial charge in [-0.3, -0.25) is 4.79 Å². The molecule has 3 heteroatoms. The number of carbonyl (C=O) groups is 1. The van der Waals surface area contributed by atoms with E-state index >= 15 is 0 Å². The minimum atomic E-state index is 0.0599. The van der Waals surface area contributed by atoms with Crippen LogP contribution in [-0.4, -0.2) is 12.1 Å². The van der Waals surface area contributed by atoms with Crippen LogP contribution in [0, 0.1) is 0 Å². The van der Waals surface area contributed by atoms with Gasteiger partial charge in [0.25, 0.3) is 0 Å². The fourth-order valence-electron chi connectivity index (χ4n) is 2.32. The molecule has 0 saturated carbocycles. The number of unbranched alkanes of at least 4 members (excludes halogenated alkanes) is 11. The van der Waals surface area contributed by atoms with Crippen LogP contribution in [0.25, 0.3) is 0 Å². The first-order valence-electron chi connectivity index (χ1n) is 9.11. The van der Waals surface area contributed by atoms with Gasteiger partial charge in [-0.15, -0.1) is 0 Å². The van der Waals surface area contributed by atoms with Crippen LogP contribution < -0.4 is 5.43 Å². The molecule has 0 spiro atoms. The van der Waals surface area contributed by atoms with Crippen molar-refractivity contribution in [3.05, 3.63) is 0 Å². The number of rotatable bonds is 15. The minimum absolute atomic E-state index is 0.0599. The summed E-state index contributed by atoms with van der Waals surface area (Å²) in [4.78, 5) is 11.5. The summed E-state index contributed by atoms with van der Waals surface area (Å²) < 4.78 is 0. The van der Waals surface area contributed by atoms with Gasteiger partial charge in [0.1, 0.15) is 0 Å². The van der Waals surface area contributed by atoms with Gasteiger partial charge in [0.2, 0.25) is 5.91 Å². The molecule has 0 aliphatic carbocycles. The van der Waals surface area contributed by atoms with Gasteiger partial charge in [-0.25, -0.2) is 5.43 Å². The number of hydrogen-bond donors (Lipinski definition) is 1. The SMILES string of the molecule is CCCCCCCCC=NNC(=O)CCCCCCCC. The van der Waals surface area contributed by atoms with Crippen molar-refractivity contribution >= 4 is 12.1 Å². The van der Waals surface area contributed by atoms with E-state index in [0.717, 1.165) is 19.3 Å². The maximum absolute atomic E-state index is 11.5. The third-order valence-electron chi connectivity index (χ3n) is 3.72. The minimum Gasteiger partial charge on any atom is -0.273 e. The van der Waals surface area contributed by atoms with E-state index in [1.54, 1.807) is 0 Å². The first kappa shape index (κ1) is 20.1. The zero-order valence-corrected chi connectivity index (χ0v) is 14.3. The summed E-state index contributed by atoms with van der Waals surface area (Å²) in [6, 6.07) is 0. The molecule has 124 valence electrons. The topological polar surface area (TPSA) is 41.5 Å². The quantitative estimate of drug-likeness (QED) is 0.239. The standard InChI is InChI=1S/C18H36N2O/c1-3-5-7-9-11-13-15-17-19-20-18(21)16-14-12-10-8-6-4-2/h17H,3-16H2,1-2H3,(H,20,21). The Bertz CT molecular complexity index is 252. The van der Waals surface area contributed by atoms with Crippen LogP contribution in [0.1, 0.15) is 104 Å². The van der Waals surface area contributed by atoms with Crippen molar-refractivity contribution in [2.75, 3.05) is 0 Å². The average Bonchev–Trinajstić information content (AvgIpc) is 2.49. The van der Waals surface area contributed by atoms with Crippen LogP contribution in [0.3, 0.4) is 0 Å². The summed E-state index contributed by atoms with van der Waals surface area (Å²) >= 11 is 0. The molecule has 0 fully saturated rings. The number of nitrogens with one attached hydrogen (secondary N) is 1. The van der Waals surface area contributed by atoms with Crippen LogP contribution in [0.4, 0.5) is 0 Å². The Labute approximate surface area is 132 Å². The molecule has 0 rings (SSSR count). The van der Waals surface area contributed by atoms with Crippen molar-refractivity contribution in [1.82, 2.24) is 5.43 Å². The largest absolute Gasteiger partial charge is 0.273 e. The summed E-state index contributed by atoms with van der Waals surface area (Å²) in [7, 11) is 0. The second-order valence-corrected chi connectivity index (χ2v) is 5.92. The third kappa shape index (κ3) is 17.1. The molecular weight excluding hydrogens is 260 g/mol. The molecule has 21 heavy (non-hydrogen) atoms. The van der Waals surface area contributed by atoms with Crippen LogP contribution in [0.15, 0.2) is 5.10 Å². The summed E-state index contributed by atoms with van der Waals surface area (Å²) in [6.45, 7) is 4.46. The van der Waals surface area contributed by atoms with Gasteiger partial charge in [-0.05, 0) is 19.3 Å². The van der Waals surface area contributed by atoms with Gasteiger partial charge in [-0.2, -0.15) is 5.10 Å². The van der Waals surface area contributed by atoms with Gasteiger partial charge in [-0.1, -0.05) is 78.1 Å². The van der Waals surface area contributed by atoms with E-state index in [4.69, 9.17) is 0 Å². The van der Waals surface area contributed by atoms with Crippen LogP contribution in [0.5, 0.6) is 0 Å². The Kier molecular flexibility index (Phi) is 16.5. The van der Waals surface area contributed by atoms with Gasteiger partial charge in [0.15, 0.2) is 0 Å². The summed E-state index contributed by atoms with van der Waals surface area (Å²) in [5, 5.41) is 4.01. The van der Waals surface area contributed by atoms with Crippen LogP contribution in [-0.2, 0) is 4.79 Å². The zero-order chi connectivity index (χ0) is 15.6. The first-order valence-corrected chi connectivity index (χ1v) is 9.11. The molecule has 0 aromatic heterocycles. The molecule has 0 saturated heterocycles. The van der Waals surface area contributed by atoms with Gasteiger partial charge in [0.05, 0.1) is 0 Å². The third-order valence-corrected chi connectivity index (χ3v) is 3.72. The fraction of sp³-hybridized carbons (Fsp3) is 0.889. The molecule has 0 aliphatic rings. The van der Waals surface area contributed by atoms with E-state index in [-0.39, 0.29) is 5.91 Å². The summed E-state index contributed by atoms with van der Waals surface area (Å²) in [5.41, 5.74) is 2.63. The number of nitrogens with zero attached hydrogens (tertiary/aromatic N) is 1. The molecule has 0 unspecified atom stereocenters. The molecular formula is C18H36N2O. The van der Waals surface area contributed by atoms with E-state index in [9.17, 15) is 4.79 Å². The molecule has 1 amide bonds. The molecule has 0 atom stereocenters. The van der Waals surface area contributed by atoms with Crippen molar-refractivity contribution in [1.29, 1.82) is 0 Å². The second kappa shape index (κ2) is 17.2. The van der Waals surface area contributed by atoms with E-state index in [0.29, 0.717) is 6.42 Å². The Hall–Kier alpha value is -0.860. The lowest BCUT2D eigenvalue weighted by atomic mass is 10.1. The van der Waals surface area contributed by atoms with E-state index < -0.39 is 0 Å². The Morgan fingerprint density at radius 1 is 0.810 bits per heavy atom. The number of amides is 1. The van der Waals surface area contributed by atoms with Crippen LogP contribution in [0.2, 0.25) is 0 Å². The predicted molar refractivity (Wildman–Crippen MR) is 92.6 cm³/mol. The molecule has 0 radical (unpaired) electrons. The molecule has 0 aromatic carbocycles. The van der Waals surface area contributed by atoms with Crippen molar-refractivity contribution in [3.63, 3.8) is 0 Å². The zero-order valence-electron chi connectivity index (χ0n) is 14.3. The number of hydrazone groups is 1. The monoisotopic (exact) mass is 296 g/mol. The Balaban J connectivity index is 3.26. The lowest BCUT2D eigenvalue weighted by Crippen LogP contribution is -2.16. The number of hydrogen-bond acceptors (Lipinski definition) is 2. The summed E-state index contributed by atoms with van der Waals surface area (Å²) in [6.07, 6.45) is 18.5. The maximum atomic E-state index is 11.5. The Morgan fingerprint density at radius 3 is 1.95 bits per heavy atom. The van der Waals surface area contributed by atoms with E-state index in [1.165, 1.54) is 64.2 Å². The highest BCUT2D eigenvalue weighted by Gasteiger charge is 1.98. The highest BCUT2D eigenvalue weighted by atomic mass is 16.2. The van der Waals surface area contributed by atoms with Crippen molar-refractivity contribution in [2.45, 2.75) is 104 Å². The van der Waals surface area contributed by atoms with E-state index in [2.05, 4.69) is 24.4 Å². The summed E-state index contributed by atoms with van der Waals surface area (Å²) in [5.74, 6) is 0.0599. The smallest absolute Gasteiger partial charge is 0.240 e. The molecule has 0 aliphatic heterocycles. The van der Waals surface area contributed by atoms with Crippen molar-refractivity contribution in [2.24, 2.45) is 5.10 Å². The predicted octanol–water partition coefficient (Wildman–Crippen LogP) is 5.59. The van der Waals surface area contributed by atoms with Crippen molar-refractivity contribution < 1.29 is 4.79 Å². The first-order chi connectivity index (χ1) is 10.3. The molecule has 1 N–H and O–H groups in total. The fourth-order valence-corrected chi connectivity index (χ4v) is 2.32. The van der Waals surface area contributed by atoms with Gasteiger partial charge >= 0.3 is 0 Å². The second-order valence-electron chi connectivity index (χ2n) is 5.92. The van der Waals surface area contributed by atoms with Crippen LogP contribution >= 0.6 is 0 Å². The lowest BCUT2D eigenvalue weighted by molar-refractivity contribution is -0.121. The molecule has 0 heterocycles. The molecule has 3 nitrogen and oxygen atoms in total. The van der Waals surface area contributed by atoms with Gasteiger partial charge < -0.3 is 0 Å². The average molecular weight is 296 g/mol. The van der Waals surface area contributed by atoms with Gasteiger partial charge in [0, 0.05) is 12.6 Å². The molecule has 0 bridgehead atoms. The normalized spacial score (nSPS) is 11.1. The Morgan fingerprint density at radius 2 is 1.33 bits per heavy atom. The van der Waals surface area contributed by atoms with Crippen molar-refractivity contribution in [3.8, 4) is 0 Å². The maximum Gasteiger partial charge on any atom is 0.240 e. The lowest BCUT2D eigenvalue weighted by Gasteiger charge is -2.01.